The van der Waals surface area contributed by atoms with E-state index in [4.69, 9.17) is 5.11 Å². The number of nitrogens with zero attached hydrogens (tertiary/aromatic N) is 2. The van der Waals surface area contributed by atoms with Gasteiger partial charge in [0.2, 0.25) is 0 Å². The summed E-state index contributed by atoms with van der Waals surface area (Å²) in [5.74, 6) is 0.350. The number of aliphatic hydroxyl groups excluding tert-OH is 1. The van der Waals surface area contributed by atoms with Crippen LogP contribution in [-0.2, 0) is 13.2 Å². The van der Waals surface area contributed by atoms with Crippen molar-refractivity contribution < 1.29 is 14.3 Å². The van der Waals surface area contributed by atoms with E-state index in [1.54, 1.807) is 24.4 Å². The molecule has 1 amide bonds. The Morgan fingerprint density at radius 2 is 2.08 bits per heavy atom. The lowest BCUT2D eigenvalue weighted by Gasteiger charge is -2.10. The van der Waals surface area contributed by atoms with Crippen molar-refractivity contribution in [3.63, 3.8) is 0 Å². The van der Waals surface area contributed by atoms with E-state index in [0.29, 0.717) is 11.6 Å². The molecule has 0 bridgehead atoms. The van der Waals surface area contributed by atoms with E-state index in [1.807, 2.05) is 0 Å². The molecule has 5 nitrogen and oxygen atoms in total. The van der Waals surface area contributed by atoms with Crippen molar-refractivity contribution in [2.75, 3.05) is 0 Å². The van der Waals surface area contributed by atoms with Gasteiger partial charge in [-0.3, -0.25) is 4.79 Å². The van der Waals surface area contributed by atoms with Crippen LogP contribution in [0.3, 0.4) is 0 Å². The van der Waals surface area contributed by atoms with Gasteiger partial charge < -0.3 is 10.4 Å². The molecule has 6 heteroatoms. The fourth-order valence-corrected chi connectivity index (χ4v) is 3.01. The first-order valence-corrected chi connectivity index (χ1v) is 8.16. The average Bonchev–Trinajstić information content (AvgIpc) is 3.15. The van der Waals surface area contributed by atoms with Crippen LogP contribution in [0.25, 0.3) is 0 Å². The number of nitrogens with one attached hydrogen (secondary N) is 1. The second-order valence-corrected chi connectivity index (χ2v) is 6.05. The predicted molar refractivity (Wildman–Crippen MR) is 86.7 cm³/mol. The minimum atomic E-state index is -0.454. The quantitative estimate of drug-likeness (QED) is 0.884. The summed E-state index contributed by atoms with van der Waals surface area (Å²) in [6.07, 6.45) is 6.14. The second-order valence-electron chi connectivity index (χ2n) is 6.05. The molecule has 126 valence electrons. The van der Waals surface area contributed by atoms with E-state index < -0.39 is 5.82 Å². The molecule has 1 heterocycles. The molecule has 1 aromatic heterocycles. The van der Waals surface area contributed by atoms with Gasteiger partial charge in [0.05, 0.1) is 6.61 Å². The van der Waals surface area contributed by atoms with Gasteiger partial charge in [0, 0.05) is 24.2 Å². The Morgan fingerprint density at radius 1 is 1.29 bits per heavy atom. The molecule has 2 N–H and O–H groups in total. The van der Waals surface area contributed by atoms with Crippen molar-refractivity contribution in [1.82, 2.24) is 15.3 Å². The summed E-state index contributed by atoms with van der Waals surface area (Å²) in [4.78, 5) is 21.0. The van der Waals surface area contributed by atoms with Gasteiger partial charge in [-0.1, -0.05) is 18.9 Å². The van der Waals surface area contributed by atoms with Gasteiger partial charge in [0.15, 0.2) is 0 Å². The van der Waals surface area contributed by atoms with Crippen LogP contribution in [0, 0.1) is 5.82 Å². The normalized spacial score (nSPS) is 14.8. The van der Waals surface area contributed by atoms with Crippen LogP contribution >= 0.6 is 0 Å². The Kier molecular flexibility index (Phi) is 5.15. The molecule has 0 radical (unpaired) electrons. The van der Waals surface area contributed by atoms with Crippen LogP contribution in [0.4, 0.5) is 4.39 Å². The topological polar surface area (TPSA) is 75.1 Å². The zero-order valence-electron chi connectivity index (χ0n) is 13.3. The minimum Gasteiger partial charge on any atom is -0.392 e. The van der Waals surface area contributed by atoms with Crippen molar-refractivity contribution in [3.05, 3.63) is 58.9 Å². The zero-order valence-corrected chi connectivity index (χ0v) is 13.3. The lowest BCUT2D eigenvalue weighted by atomic mass is 10.1. The molecule has 1 fully saturated rings. The molecular formula is C18H20FN3O2. The molecule has 0 atom stereocenters. The van der Waals surface area contributed by atoms with Gasteiger partial charge in [-0.15, -0.1) is 0 Å². The van der Waals surface area contributed by atoms with Gasteiger partial charge >= 0.3 is 0 Å². The maximum Gasteiger partial charge on any atom is 0.270 e. The van der Waals surface area contributed by atoms with Crippen molar-refractivity contribution in [3.8, 4) is 0 Å². The van der Waals surface area contributed by atoms with Crippen molar-refractivity contribution >= 4 is 5.91 Å². The average molecular weight is 329 g/mol. The van der Waals surface area contributed by atoms with E-state index in [2.05, 4.69) is 15.3 Å². The van der Waals surface area contributed by atoms with Crippen molar-refractivity contribution in [2.24, 2.45) is 0 Å². The molecule has 1 aliphatic carbocycles. The maximum atomic E-state index is 13.4. The molecular weight excluding hydrogens is 309 g/mol. The van der Waals surface area contributed by atoms with Gasteiger partial charge in [-0.2, -0.15) is 0 Å². The van der Waals surface area contributed by atoms with Crippen molar-refractivity contribution in [2.45, 2.75) is 44.8 Å². The third-order valence-corrected chi connectivity index (χ3v) is 4.36. The Hall–Kier alpha value is -2.34. The smallest absolute Gasteiger partial charge is 0.270 e. The highest BCUT2D eigenvalue weighted by molar-refractivity contribution is 5.92. The van der Waals surface area contributed by atoms with Crippen LogP contribution in [0.15, 0.2) is 30.5 Å². The van der Waals surface area contributed by atoms with Crippen LogP contribution in [0.5, 0.6) is 0 Å². The number of rotatable bonds is 5. The maximum absolute atomic E-state index is 13.4. The van der Waals surface area contributed by atoms with Crippen LogP contribution in [0.1, 0.15) is 59.0 Å². The number of hydrogen-bond acceptors (Lipinski definition) is 4. The first-order chi connectivity index (χ1) is 11.7. The number of aliphatic hydroxyl groups is 1. The van der Waals surface area contributed by atoms with E-state index >= 15 is 0 Å². The van der Waals surface area contributed by atoms with Gasteiger partial charge in [0.1, 0.15) is 17.3 Å². The predicted octanol–water partition coefficient (Wildman–Crippen LogP) is 2.70. The van der Waals surface area contributed by atoms with Gasteiger partial charge in [-0.25, -0.2) is 14.4 Å². The Morgan fingerprint density at radius 3 is 2.83 bits per heavy atom. The molecule has 0 saturated heterocycles. The number of amides is 1. The number of carbonyl (C=O) groups is 1. The molecule has 0 unspecified atom stereocenters. The third kappa shape index (κ3) is 3.76. The molecule has 0 aliphatic heterocycles. The lowest BCUT2D eigenvalue weighted by molar-refractivity contribution is 0.0945. The van der Waals surface area contributed by atoms with Crippen molar-refractivity contribution in [1.29, 1.82) is 0 Å². The molecule has 2 aromatic rings. The molecule has 1 saturated carbocycles. The van der Waals surface area contributed by atoms with E-state index in [1.165, 1.54) is 18.9 Å². The van der Waals surface area contributed by atoms with Crippen LogP contribution < -0.4 is 5.32 Å². The fourth-order valence-electron chi connectivity index (χ4n) is 3.01. The summed E-state index contributed by atoms with van der Waals surface area (Å²) in [6.45, 7) is -0.126. The Balaban J connectivity index is 1.65. The highest BCUT2D eigenvalue weighted by Gasteiger charge is 2.20. The van der Waals surface area contributed by atoms with E-state index in [9.17, 15) is 9.18 Å². The number of hydrogen-bond donors (Lipinski definition) is 2. The summed E-state index contributed by atoms with van der Waals surface area (Å²) in [7, 11) is 0. The van der Waals surface area contributed by atoms with E-state index in [0.717, 1.165) is 24.2 Å². The molecule has 3 rings (SSSR count). The molecule has 0 spiro atoms. The first kappa shape index (κ1) is 16.5. The summed E-state index contributed by atoms with van der Waals surface area (Å²) in [5, 5.41) is 11.9. The SMILES string of the molecule is O=C(NCc1ccc(F)c(CO)c1)c1ccnc(C2CCCC2)n1. The van der Waals surface area contributed by atoms with Gasteiger partial charge in [-0.05, 0) is 36.6 Å². The number of aromatic nitrogens is 2. The van der Waals surface area contributed by atoms with Crippen LogP contribution in [0.2, 0.25) is 0 Å². The Bertz CT molecular complexity index is 730. The molecule has 24 heavy (non-hydrogen) atoms. The van der Waals surface area contributed by atoms with Gasteiger partial charge in [0.25, 0.3) is 5.91 Å². The fraction of sp³-hybridized carbons (Fsp3) is 0.389. The lowest BCUT2D eigenvalue weighted by Crippen LogP contribution is -2.24. The molecule has 1 aliphatic rings. The largest absolute Gasteiger partial charge is 0.392 e. The Labute approximate surface area is 140 Å². The summed E-state index contributed by atoms with van der Waals surface area (Å²) in [6, 6.07) is 6.01. The first-order valence-electron chi connectivity index (χ1n) is 8.16. The summed E-state index contributed by atoms with van der Waals surface area (Å²) >= 11 is 0. The highest BCUT2D eigenvalue weighted by atomic mass is 19.1. The standard InChI is InChI=1S/C18H20FN3O2/c19-15-6-5-12(9-14(15)11-23)10-21-18(24)16-7-8-20-17(22-16)13-3-1-2-4-13/h5-9,13,23H,1-4,10-11H2,(H,21,24). The highest BCUT2D eigenvalue weighted by Crippen LogP contribution is 2.31. The monoisotopic (exact) mass is 329 g/mol. The second kappa shape index (κ2) is 7.49. The zero-order chi connectivity index (χ0) is 16.9. The number of halogens is 1. The molecule has 1 aromatic carbocycles. The summed E-state index contributed by atoms with van der Waals surface area (Å²) in [5.41, 5.74) is 1.28. The number of carbonyl (C=O) groups excluding carboxylic acids is 1. The third-order valence-electron chi connectivity index (χ3n) is 4.36. The minimum absolute atomic E-state index is 0.215. The van der Waals surface area contributed by atoms with Crippen LogP contribution in [-0.4, -0.2) is 21.0 Å². The van der Waals surface area contributed by atoms with E-state index in [-0.39, 0.29) is 24.6 Å². The summed E-state index contributed by atoms with van der Waals surface area (Å²) < 4.78 is 13.4. The number of benzene rings is 1.